The summed E-state index contributed by atoms with van der Waals surface area (Å²) in [5.74, 6) is -1.18. The van der Waals surface area contributed by atoms with E-state index in [1.807, 2.05) is 65.4 Å². The van der Waals surface area contributed by atoms with Crippen molar-refractivity contribution >= 4 is 36.4 Å². The van der Waals surface area contributed by atoms with E-state index in [-0.39, 0.29) is 13.2 Å². The molecule has 1 aromatic rings. The zero-order valence-corrected chi connectivity index (χ0v) is 18.4. The fourth-order valence-electron chi connectivity index (χ4n) is 3.28. The van der Waals surface area contributed by atoms with Crippen molar-refractivity contribution in [1.29, 1.82) is 0 Å². The summed E-state index contributed by atoms with van der Waals surface area (Å²) in [6, 6.07) is 9.81. The van der Waals surface area contributed by atoms with Crippen LogP contribution in [0.4, 0.5) is 0 Å². The summed E-state index contributed by atoms with van der Waals surface area (Å²) in [5.41, 5.74) is -0.00512. The zero-order chi connectivity index (χ0) is 19.5. The van der Waals surface area contributed by atoms with Crippen LogP contribution < -0.4 is 0 Å². The van der Waals surface area contributed by atoms with Crippen molar-refractivity contribution in [2.45, 2.75) is 57.3 Å². The van der Waals surface area contributed by atoms with Crippen LogP contribution in [0, 0.1) is 0 Å². The van der Waals surface area contributed by atoms with Crippen LogP contribution in [0.15, 0.2) is 30.3 Å². The van der Waals surface area contributed by atoms with E-state index < -0.39 is 35.9 Å². The molecule has 150 valence electrons. The molecule has 2 saturated heterocycles. The molecule has 4 atom stereocenters. The number of carbonyl (C=O) groups is 1. The molecule has 0 aromatic heterocycles. The highest BCUT2D eigenvalue weighted by Gasteiger charge is 2.63. The molecule has 0 amide bonds. The van der Waals surface area contributed by atoms with Gasteiger partial charge in [-0.3, -0.25) is 4.79 Å². The Labute approximate surface area is 175 Å². The SMILES string of the molecule is CC(=O)OC[C@]1(COSI)OC2OC(C)(C)OC2C1OCc1ccccc1. The molecule has 2 heterocycles. The third-order valence-electron chi connectivity index (χ3n) is 4.40. The van der Waals surface area contributed by atoms with Gasteiger partial charge in [0.15, 0.2) is 17.7 Å². The van der Waals surface area contributed by atoms with E-state index in [1.54, 1.807) is 0 Å². The van der Waals surface area contributed by atoms with Gasteiger partial charge in [-0.1, -0.05) is 30.3 Å². The molecule has 27 heavy (non-hydrogen) atoms. The summed E-state index contributed by atoms with van der Waals surface area (Å²) in [7, 11) is 1.18. The first-order valence-corrected chi connectivity index (χ1v) is 11.9. The first-order valence-electron chi connectivity index (χ1n) is 8.58. The Balaban J connectivity index is 1.82. The average Bonchev–Trinajstić information content (AvgIpc) is 3.06. The predicted molar refractivity (Wildman–Crippen MR) is 107 cm³/mol. The first kappa shape index (κ1) is 21.3. The summed E-state index contributed by atoms with van der Waals surface area (Å²) < 4.78 is 35.1. The number of benzene rings is 1. The lowest BCUT2D eigenvalue weighted by Gasteiger charge is -2.35. The number of ether oxygens (including phenoxy) is 5. The van der Waals surface area contributed by atoms with E-state index >= 15 is 0 Å². The molecule has 1 aromatic carbocycles. The monoisotopic (exact) mass is 510 g/mol. The van der Waals surface area contributed by atoms with E-state index in [1.165, 1.54) is 16.1 Å². The fourth-order valence-corrected chi connectivity index (χ4v) is 3.90. The minimum atomic E-state index is -1.02. The van der Waals surface area contributed by atoms with Crippen LogP contribution in [0.2, 0.25) is 0 Å². The predicted octanol–water partition coefficient (Wildman–Crippen LogP) is 3.40. The second-order valence-corrected chi connectivity index (χ2v) is 8.41. The largest absolute Gasteiger partial charge is 0.463 e. The Morgan fingerprint density at radius 3 is 2.59 bits per heavy atom. The molecule has 2 aliphatic heterocycles. The van der Waals surface area contributed by atoms with Gasteiger partial charge in [0.25, 0.3) is 0 Å². The van der Waals surface area contributed by atoms with Crippen LogP contribution in [-0.4, -0.2) is 49.1 Å². The van der Waals surface area contributed by atoms with Crippen LogP contribution in [0.5, 0.6) is 0 Å². The summed E-state index contributed by atoms with van der Waals surface area (Å²) >= 11 is 2.03. The number of fused-ring (bicyclic) bond motifs is 1. The van der Waals surface area contributed by atoms with Crippen molar-refractivity contribution in [2.24, 2.45) is 0 Å². The molecule has 3 unspecified atom stereocenters. The summed E-state index contributed by atoms with van der Waals surface area (Å²) in [5, 5.41) is 0. The summed E-state index contributed by atoms with van der Waals surface area (Å²) in [6.45, 7) is 5.52. The zero-order valence-electron chi connectivity index (χ0n) is 15.4. The lowest BCUT2D eigenvalue weighted by molar-refractivity contribution is -0.257. The maximum Gasteiger partial charge on any atom is 0.302 e. The molecule has 7 nitrogen and oxygen atoms in total. The Bertz CT molecular complexity index is 644. The smallest absolute Gasteiger partial charge is 0.302 e. The molecule has 0 radical (unpaired) electrons. The molecular formula is C18H23IO7S. The van der Waals surface area contributed by atoms with E-state index in [0.29, 0.717) is 6.61 Å². The number of halogens is 1. The Kier molecular flexibility index (Phi) is 7.04. The van der Waals surface area contributed by atoms with Crippen molar-refractivity contribution < 1.29 is 32.7 Å². The highest BCUT2D eigenvalue weighted by atomic mass is 127. The third kappa shape index (κ3) is 5.14. The van der Waals surface area contributed by atoms with Crippen LogP contribution >= 0.6 is 30.4 Å². The highest BCUT2D eigenvalue weighted by molar-refractivity contribution is 14.2. The van der Waals surface area contributed by atoms with Gasteiger partial charge in [-0.25, -0.2) is 0 Å². The highest BCUT2D eigenvalue weighted by Crippen LogP contribution is 2.45. The second-order valence-electron chi connectivity index (χ2n) is 6.97. The molecule has 3 rings (SSSR count). The molecule has 2 aliphatic rings. The van der Waals surface area contributed by atoms with E-state index in [9.17, 15) is 4.79 Å². The van der Waals surface area contributed by atoms with Gasteiger partial charge in [-0.2, -0.15) is 0 Å². The molecule has 9 heteroatoms. The number of hydrogen-bond acceptors (Lipinski definition) is 8. The maximum atomic E-state index is 11.4. The molecule has 0 spiro atoms. The Morgan fingerprint density at radius 2 is 1.93 bits per heavy atom. The Morgan fingerprint density at radius 1 is 1.19 bits per heavy atom. The van der Waals surface area contributed by atoms with Crippen molar-refractivity contribution in [3.05, 3.63) is 35.9 Å². The average molecular weight is 510 g/mol. The molecule has 0 bridgehead atoms. The van der Waals surface area contributed by atoms with Gasteiger partial charge in [0.2, 0.25) is 0 Å². The molecule has 0 aliphatic carbocycles. The lowest BCUT2D eigenvalue weighted by atomic mass is 9.96. The normalized spacial score (nSPS) is 31.6. The Hall–Kier alpha value is -0.430. The van der Waals surface area contributed by atoms with Crippen molar-refractivity contribution in [3.63, 3.8) is 0 Å². The lowest BCUT2D eigenvalue weighted by Crippen LogP contribution is -2.53. The van der Waals surface area contributed by atoms with E-state index in [4.69, 9.17) is 27.9 Å². The minimum absolute atomic E-state index is 0.0147. The van der Waals surface area contributed by atoms with Gasteiger partial charge in [-0.05, 0) is 19.4 Å². The van der Waals surface area contributed by atoms with Crippen LogP contribution in [0.25, 0.3) is 0 Å². The molecule has 2 fully saturated rings. The number of hydrogen-bond donors (Lipinski definition) is 0. The third-order valence-corrected chi connectivity index (χ3v) is 5.37. The minimum Gasteiger partial charge on any atom is -0.463 e. The number of rotatable bonds is 8. The van der Waals surface area contributed by atoms with Gasteiger partial charge in [0, 0.05) is 28.1 Å². The maximum absolute atomic E-state index is 11.4. The topological polar surface area (TPSA) is 72.5 Å². The van der Waals surface area contributed by atoms with Gasteiger partial charge in [-0.15, -0.1) is 0 Å². The first-order chi connectivity index (χ1) is 12.9. The molecule has 0 saturated carbocycles. The van der Waals surface area contributed by atoms with Gasteiger partial charge >= 0.3 is 5.97 Å². The van der Waals surface area contributed by atoms with Crippen molar-refractivity contribution in [1.82, 2.24) is 0 Å². The van der Waals surface area contributed by atoms with E-state index in [0.717, 1.165) is 5.56 Å². The van der Waals surface area contributed by atoms with Crippen molar-refractivity contribution in [3.8, 4) is 0 Å². The second kappa shape index (κ2) is 8.93. The molecule has 0 N–H and O–H groups in total. The van der Waals surface area contributed by atoms with Gasteiger partial charge in [0.1, 0.15) is 18.8 Å². The van der Waals surface area contributed by atoms with E-state index in [2.05, 4.69) is 0 Å². The summed E-state index contributed by atoms with van der Waals surface area (Å²) in [4.78, 5) is 11.4. The number of esters is 1. The standard InChI is InChI=1S/C18H23IO7S/c1-12(20)22-10-18(11-23-27-19)15(21-9-13-7-5-4-6-8-13)14-16(26-18)25-17(2,3)24-14/h4-8,14-16H,9-11H2,1-3H3/t14?,15?,16?,18-/m1/s1. The quantitative estimate of drug-likeness (QED) is 0.300. The number of carbonyl (C=O) groups excluding carboxylic acids is 1. The van der Waals surface area contributed by atoms with Crippen LogP contribution in [0.3, 0.4) is 0 Å². The van der Waals surface area contributed by atoms with Crippen molar-refractivity contribution in [2.75, 3.05) is 13.2 Å². The van der Waals surface area contributed by atoms with Gasteiger partial charge < -0.3 is 27.9 Å². The summed E-state index contributed by atoms with van der Waals surface area (Å²) in [6.07, 6.45) is -1.62. The molecular weight excluding hydrogens is 487 g/mol. The van der Waals surface area contributed by atoms with Crippen LogP contribution in [0.1, 0.15) is 26.3 Å². The van der Waals surface area contributed by atoms with Crippen LogP contribution in [-0.2, 0) is 39.3 Å². The van der Waals surface area contributed by atoms with Gasteiger partial charge in [0.05, 0.1) is 22.4 Å². The fraction of sp³-hybridized carbons (Fsp3) is 0.611.